The number of H-pyrrole nitrogens is 2. The van der Waals surface area contributed by atoms with Gasteiger partial charge in [-0.2, -0.15) is 8.42 Å². The third kappa shape index (κ3) is 3.84. The minimum absolute atomic E-state index is 0.464. The zero-order valence-electron chi connectivity index (χ0n) is 7.25. The Morgan fingerprint density at radius 1 is 1.40 bits per heavy atom. The second-order valence-electron chi connectivity index (χ2n) is 2.36. The van der Waals surface area contributed by atoms with Gasteiger partial charge in [-0.05, 0) is 0 Å². The normalized spacial score (nSPS) is 10.8. The highest BCUT2D eigenvalue weighted by atomic mass is 32.3. The predicted octanol–water partition coefficient (Wildman–Crippen LogP) is -1.30. The van der Waals surface area contributed by atoms with Crippen LogP contribution in [-0.2, 0) is 10.4 Å². The standard InChI is InChI=1S/C5H5N5.H2O4S/c6-4-3-5(9-1-7-3)10-2-8-4;1-5(2,3)4/h1-2H,(H3,6,7,8,9,10);(H2,1,2,3,4)/p+1. The second kappa shape index (κ2) is 4.16. The molecular formula is C5H8N5O4S+. The third-order valence-corrected chi connectivity index (χ3v) is 1.30. The van der Waals surface area contributed by atoms with E-state index in [1.807, 2.05) is 0 Å². The van der Waals surface area contributed by atoms with Crippen molar-refractivity contribution < 1.29 is 22.5 Å². The van der Waals surface area contributed by atoms with Gasteiger partial charge in [0.05, 0.1) is 0 Å². The first-order chi connectivity index (χ1) is 6.88. The molecule has 0 spiro atoms. The lowest BCUT2D eigenvalue weighted by atomic mass is 10.5. The van der Waals surface area contributed by atoms with E-state index in [0.29, 0.717) is 5.82 Å². The van der Waals surface area contributed by atoms with Gasteiger partial charge < -0.3 is 10.7 Å². The van der Waals surface area contributed by atoms with E-state index in [1.165, 1.54) is 6.33 Å². The van der Waals surface area contributed by atoms with E-state index in [-0.39, 0.29) is 0 Å². The van der Waals surface area contributed by atoms with Crippen LogP contribution in [0.4, 0.5) is 5.82 Å². The SMILES string of the molecule is Nc1nc[nH+]c2nc[nH]c12.O=S(=O)(O)O. The smallest absolute Gasteiger partial charge is 0.368 e. The summed E-state index contributed by atoms with van der Waals surface area (Å²) in [5.41, 5.74) is 6.98. The van der Waals surface area contributed by atoms with E-state index < -0.39 is 10.4 Å². The van der Waals surface area contributed by atoms with Crippen LogP contribution < -0.4 is 10.7 Å². The molecule has 9 nitrogen and oxygen atoms in total. The lowest BCUT2D eigenvalue weighted by Crippen LogP contribution is -2.06. The molecule has 2 heterocycles. The van der Waals surface area contributed by atoms with Crippen molar-refractivity contribution in [1.82, 2.24) is 15.0 Å². The number of rotatable bonds is 0. The summed E-state index contributed by atoms with van der Waals surface area (Å²) in [7, 11) is -4.67. The quantitative estimate of drug-likeness (QED) is 0.412. The number of anilines is 1. The fraction of sp³-hybridized carbons (Fsp3) is 0. The first-order valence-electron chi connectivity index (χ1n) is 3.53. The van der Waals surface area contributed by atoms with Crippen molar-refractivity contribution in [3.8, 4) is 0 Å². The van der Waals surface area contributed by atoms with Crippen LogP contribution in [0.1, 0.15) is 0 Å². The second-order valence-corrected chi connectivity index (χ2v) is 3.26. The molecule has 0 unspecified atom stereocenters. The molecule has 6 N–H and O–H groups in total. The predicted molar refractivity (Wildman–Crippen MR) is 49.0 cm³/mol. The number of aromatic nitrogens is 4. The van der Waals surface area contributed by atoms with Gasteiger partial charge in [0, 0.05) is 0 Å². The Morgan fingerprint density at radius 2 is 2.00 bits per heavy atom. The summed E-state index contributed by atoms with van der Waals surface area (Å²) >= 11 is 0. The highest BCUT2D eigenvalue weighted by Gasteiger charge is 2.06. The molecule has 0 fully saturated rings. The molecule has 2 aromatic rings. The summed E-state index contributed by atoms with van der Waals surface area (Å²) in [6, 6.07) is 0. The fourth-order valence-electron chi connectivity index (χ4n) is 0.826. The van der Waals surface area contributed by atoms with Gasteiger partial charge in [0.1, 0.15) is 0 Å². The minimum atomic E-state index is -4.67. The van der Waals surface area contributed by atoms with Crippen molar-refractivity contribution in [2.45, 2.75) is 0 Å². The molecule has 2 rings (SSSR count). The summed E-state index contributed by atoms with van der Waals surface area (Å²) in [6.45, 7) is 0. The van der Waals surface area contributed by atoms with Gasteiger partial charge >= 0.3 is 10.4 Å². The fourth-order valence-corrected chi connectivity index (χ4v) is 0.826. The number of hydrogen-bond donors (Lipinski definition) is 4. The largest absolute Gasteiger partial charge is 0.394 e. The summed E-state index contributed by atoms with van der Waals surface area (Å²) in [5, 5.41) is 0. The number of aromatic amines is 2. The maximum atomic E-state index is 8.74. The maximum absolute atomic E-state index is 8.74. The Balaban J connectivity index is 0.000000195. The van der Waals surface area contributed by atoms with Crippen LogP contribution in [0, 0.1) is 0 Å². The summed E-state index contributed by atoms with van der Waals surface area (Å²) in [5.74, 6) is 0.464. The van der Waals surface area contributed by atoms with E-state index in [4.69, 9.17) is 23.3 Å². The van der Waals surface area contributed by atoms with Crippen LogP contribution in [0.25, 0.3) is 11.2 Å². The average Bonchev–Trinajstić information content (AvgIpc) is 2.49. The summed E-state index contributed by atoms with van der Waals surface area (Å²) in [4.78, 5) is 13.5. The maximum Gasteiger partial charge on any atom is 0.394 e. The molecule has 82 valence electrons. The highest BCUT2D eigenvalue weighted by Crippen LogP contribution is 2.06. The van der Waals surface area contributed by atoms with Gasteiger partial charge in [-0.1, -0.05) is 9.97 Å². The Bertz CT molecular complexity index is 541. The van der Waals surface area contributed by atoms with E-state index in [1.54, 1.807) is 6.33 Å². The first kappa shape index (κ1) is 11.3. The Labute approximate surface area is 84.0 Å². The molecule has 0 aromatic carbocycles. The van der Waals surface area contributed by atoms with Gasteiger partial charge in [0.15, 0.2) is 11.8 Å². The first-order valence-corrected chi connectivity index (χ1v) is 4.93. The molecule has 0 atom stereocenters. The number of nitrogens with one attached hydrogen (secondary N) is 2. The average molecular weight is 234 g/mol. The molecule has 0 saturated heterocycles. The molecule has 0 saturated carbocycles. The highest BCUT2D eigenvalue weighted by molar-refractivity contribution is 7.79. The van der Waals surface area contributed by atoms with Crippen LogP contribution in [0.3, 0.4) is 0 Å². The van der Waals surface area contributed by atoms with E-state index in [9.17, 15) is 0 Å². The third-order valence-electron chi connectivity index (χ3n) is 1.30. The van der Waals surface area contributed by atoms with Crippen LogP contribution in [0.2, 0.25) is 0 Å². The van der Waals surface area contributed by atoms with E-state index in [0.717, 1.165) is 11.2 Å². The van der Waals surface area contributed by atoms with Crippen LogP contribution in [0.15, 0.2) is 12.7 Å². The van der Waals surface area contributed by atoms with Crippen LogP contribution in [-0.4, -0.2) is 32.5 Å². The van der Waals surface area contributed by atoms with Crippen molar-refractivity contribution >= 4 is 27.4 Å². The molecular weight excluding hydrogens is 226 g/mol. The number of hydrogen-bond acceptors (Lipinski definition) is 5. The van der Waals surface area contributed by atoms with Crippen LogP contribution in [0.5, 0.6) is 0 Å². The Kier molecular flexibility index (Phi) is 3.14. The number of nitrogens with zero attached hydrogens (tertiary/aromatic N) is 2. The Hall–Kier alpha value is -1.78. The molecule has 0 radical (unpaired) electrons. The van der Waals surface area contributed by atoms with Crippen molar-refractivity contribution in [2.75, 3.05) is 5.73 Å². The summed E-state index contributed by atoms with van der Waals surface area (Å²) < 4.78 is 31.6. The van der Waals surface area contributed by atoms with Gasteiger partial charge in [0.25, 0.3) is 5.65 Å². The lowest BCUT2D eigenvalue weighted by Gasteiger charge is -1.82. The number of nitrogen functional groups attached to an aromatic ring is 1. The Morgan fingerprint density at radius 3 is 2.53 bits per heavy atom. The number of fused-ring (bicyclic) bond motifs is 1. The molecule has 0 aliphatic rings. The molecule has 2 aromatic heterocycles. The van der Waals surface area contributed by atoms with Crippen LogP contribution >= 0.6 is 0 Å². The van der Waals surface area contributed by atoms with Crippen molar-refractivity contribution in [3.63, 3.8) is 0 Å². The molecule has 15 heavy (non-hydrogen) atoms. The molecule has 0 bridgehead atoms. The van der Waals surface area contributed by atoms with Gasteiger partial charge in [0.2, 0.25) is 12.1 Å². The monoisotopic (exact) mass is 234 g/mol. The molecule has 0 aliphatic carbocycles. The summed E-state index contributed by atoms with van der Waals surface area (Å²) in [6.07, 6.45) is 3.08. The number of nitrogens with two attached hydrogens (primary N) is 1. The molecule has 0 aliphatic heterocycles. The van der Waals surface area contributed by atoms with Crippen molar-refractivity contribution in [2.24, 2.45) is 0 Å². The van der Waals surface area contributed by atoms with Crippen molar-refractivity contribution in [3.05, 3.63) is 12.7 Å². The lowest BCUT2D eigenvalue weighted by molar-refractivity contribution is -0.352. The van der Waals surface area contributed by atoms with Crippen molar-refractivity contribution in [1.29, 1.82) is 0 Å². The zero-order valence-corrected chi connectivity index (χ0v) is 8.06. The topological polar surface area (TPSA) is 156 Å². The molecule has 0 amide bonds. The minimum Gasteiger partial charge on any atom is -0.368 e. The number of imidazole rings is 1. The van der Waals surface area contributed by atoms with E-state index >= 15 is 0 Å². The van der Waals surface area contributed by atoms with E-state index in [2.05, 4.69) is 19.9 Å². The van der Waals surface area contributed by atoms with Gasteiger partial charge in [-0.3, -0.25) is 9.11 Å². The van der Waals surface area contributed by atoms with Gasteiger partial charge in [-0.15, -0.1) is 0 Å². The zero-order chi connectivity index (χ0) is 11.5. The van der Waals surface area contributed by atoms with Gasteiger partial charge in [-0.25, -0.2) is 4.98 Å². The molecule has 10 heteroatoms.